The Hall–Kier alpha value is -4.38. The van der Waals surface area contributed by atoms with Crippen molar-refractivity contribution >= 4 is 34.1 Å². The van der Waals surface area contributed by atoms with E-state index in [1.807, 2.05) is 25.9 Å². The van der Waals surface area contributed by atoms with Crippen molar-refractivity contribution < 1.29 is 14.4 Å². The summed E-state index contributed by atoms with van der Waals surface area (Å²) in [6.07, 6.45) is 11.2. The summed E-state index contributed by atoms with van der Waals surface area (Å²) in [6.45, 7) is 7.36. The number of likely N-dealkylation sites (tertiary alicyclic amines) is 1. The molecule has 1 aliphatic heterocycles. The van der Waals surface area contributed by atoms with E-state index in [9.17, 15) is 14.4 Å². The summed E-state index contributed by atoms with van der Waals surface area (Å²) >= 11 is 0. The summed E-state index contributed by atoms with van der Waals surface area (Å²) in [5.74, 6) is 0.356. The highest BCUT2D eigenvalue weighted by molar-refractivity contribution is 6.46. The fourth-order valence-electron chi connectivity index (χ4n) is 5.34. The second-order valence-corrected chi connectivity index (χ2v) is 10.5. The van der Waals surface area contributed by atoms with Crippen LogP contribution in [-0.4, -0.2) is 83.9 Å². The first-order valence-electron chi connectivity index (χ1n) is 13.2. The van der Waals surface area contributed by atoms with Crippen molar-refractivity contribution in [1.29, 1.82) is 0 Å². The van der Waals surface area contributed by atoms with Gasteiger partial charge in [-0.3, -0.25) is 29.0 Å². The van der Waals surface area contributed by atoms with Crippen LogP contribution in [0.15, 0.2) is 54.6 Å². The van der Waals surface area contributed by atoms with Gasteiger partial charge in [0.1, 0.15) is 23.8 Å². The highest BCUT2D eigenvalue weighted by Gasteiger charge is 2.56. The number of nitrogens with zero attached hydrogens (tertiary/aromatic N) is 8. The quantitative estimate of drug-likeness (QED) is 0.284. The van der Waals surface area contributed by atoms with Crippen LogP contribution >= 0.6 is 0 Å². The SMILES string of the molecule is C=C/N=C(\C=C/C)C(=O)[C@@H]1C[C@H]2C[C@H]2N1C(=O)Cn1nc(C(C)=O)c2cc(-c3cnc(CN(C)C)nc3)ncc21. The number of hydrogen-bond acceptors (Lipinski definition) is 9. The molecule has 0 aromatic carbocycles. The Morgan fingerprint density at radius 3 is 2.55 bits per heavy atom. The van der Waals surface area contributed by atoms with E-state index in [4.69, 9.17) is 0 Å². The van der Waals surface area contributed by atoms with Gasteiger partial charge in [-0.25, -0.2) is 9.97 Å². The minimum absolute atomic E-state index is 0.0336. The number of ketones is 2. The Balaban J connectivity index is 1.43. The molecular weight excluding hydrogens is 508 g/mol. The zero-order valence-corrected chi connectivity index (χ0v) is 23.1. The van der Waals surface area contributed by atoms with Gasteiger partial charge in [0.25, 0.3) is 0 Å². The maximum atomic E-state index is 13.6. The molecule has 1 aliphatic carbocycles. The number of rotatable bonds is 10. The summed E-state index contributed by atoms with van der Waals surface area (Å²) in [4.78, 5) is 60.6. The van der Waals surface area contributed by atoms with Crippen LogP contribution in [0.3, 0.4) is 0 Å². The van der Waals surface area contributed by atoms with Gasteiger partial charge in [-0.05, 0) is 51.9 Å². The number of carbonyl (C=O) groups is 3. The van der Waals surface area contributed by atoms with Crippen LogP contribution in [0.5, 0.6) is 0 Å². The first-order valence-corrected chi connectivity index (χ1v) is 13.2. The Morgan fingerprint density at radius 1 is 1.15 bits per heavy atom. The highest BCUT2D eigenvalue weighted by atomic mass is 16.2. The van der Waals surface area contributed by atoms with Crippen LogP contribution in [-0.2, 0) is 22.7 Å². The van der Waals surface area contributed by atoms with Crippen LogP contribution in [0, 0.1) is 5.92 Å². The normalized spacial score (nSPS) is 20.4. The molecule has 11 nitrogen and oxygen atoms in total. The number of amides is 1. The summed E-state index contributed by atoms with van der Waals surface area (Å²) < 4.78 is 1.50. The number of aliphatic imine (C=N–C) groups is 1. The van der Waals surface area contributed by atoms with E-state index >= 15 is 0 Å². The number of fused-ring (bicyclic) bond motifs is 2. The molecule has 2 aliphatic rings. The molecule has 2 fully saturated rings. The van der Waals surface area contributed by atoms with E-state index in [2.05, 4.69) is 31.6 Å². The predicted molar refractivity (Wildman–Crippen MR) is 151 cm³/mol. The van der Waals surface area contributed by atoms with Crippen LogP contribution in [0.1, 0.15) is 43.0 Å². The Morgan fingerprint density at radius 2 is 1.90 bits per heavy atom. The molecule has 5 rings (SSSR count). The van der Waals surface area contributed by atoms with E-state index in [1.54, 1.807) is 41.7 Å². The van der Waals surface area contributed by atoms with Gasteiger partial charge in [0, 0.05) is 42.5 Å². The van der Waals surface area contributed by atoms with E-state index in [-0.39, 0.29) is 41.5 Å². The molecule has 206 valence electrons. The lowest BCUT2D eigenvalue weighted by Gasteiger charge is -2.26. The standard InChI is InChI=1S/C29H32N8O3/c1-6-8-21(30-7-2)29(40)24-10-18-9-23(18)37(24)27(39)16-36-25-14-31-22(11-20(25)28(34-36)17(3)38)19-12-32-26(33-13-19)15-35(4)5/h6-8,11-14,18,23-24H,2,9-10,15-16H2,1,3-5H3/b8-6-,30-21+/t18-,23-,24+/m1/s1. The van der Waals surface area contributed by atoms with Crippen molar-refractivity contribution in [2.45, 2.75) is 51.9 Å². The zero-order valence-electron chi connectivity index (χ0n) is 23.1. The second kappa shape index (κ2) is 11.0. The Labute approximate surface area is 232 Å². The minimum atomic E-state index is -0.583. The van der Waals surface area contributed by atoms with Crippen molar-refractivity contribution in [3.05, 3.63) is 61.1 Å². The van der Waals surface area contributed by atoms with Crippen molar-refractivity contribution in [2.75, 3.05) is 14.1 Å². The molecule has 1 saturated heterocycles. The smallest absolute Gasteiger partial charge is 0.245 e. The molecular formula is C29H32N8O3. The number of Topliss-reactive ketones (excluding diaryl/α,β-unsaturated/α-hetero) is 2. The number of pyridine rings is 1. The van der Waals surface area contributed by atoms with Crippen LogP contribution in [0.25, 0.3) is 22.2 Å². The number of allylic oxidation sites excluding steroid dienone is 2. The summed E-state index contributed by atoms with van der Waals surface area (Å²) in [5, 5.41) is 5.09. The third-order valence-electron chi connectivity index (χ3n) is 7.22. The van der Waals surface area contributed by atoms with Crippen molar-refractivity contribution in [1.82, 2.24) is 34.5 Å². The van der Waals surface area contributed by atoms with Gasteiger partial charge in [-0.1, -0.05) is 12.7 Å². The summed E-state index contributed by atoms with van der Waals surface area (Å²) in [5.41, 5.74) is 2.40. The number of piperidine rings is 1. The van der Waals surface area contributed by atoms with Gasteiger partial charge in [0.15, 0.2) is 5.78 Å². The molecule has 0 radical (unpaired) electrons. The maximum Gasteiger partial charge on any atom is 0.245 e. The topological polar surface area (TPSA) is 127 Å². The molecule has 0 spiro atoms. The zero-order chi connectivity index (χ0) is 28.6. The minimum Gasteiger partial charge on any atom is -0.327 e. The predicted octanol–water partition coefficient (Wildman–Crippen LogP) is 2.87. The van der Waals surface area contributed by atoms with Crippen LogP contribution < -0.4 is 0 Å². The molecule has 11 heteroatoms. The number of aromatic nitrogens is 5. The fourth-order valence-corrected chi connectivity index (χ4v) is 5.34. The lowest BCUT2D eigenvalue weighted by molar-refractivity contribution is -0.137. The molecule has 1 amide bonds. The molecule has 4 heterocycles. The third-order valence-corrected chi connectivity index (χ3v) is 7.22. The molecule has 40 heavy (non-hydrogen) atoms. The van der Waals surface area contributed by atoms with Gasteiger partial charge >= 0.3 is 0 Å². The molecule has 3 aromatic rings. The van der Waals surface area contributed by atoms with Gasteiger partial charge < -0.3 is 9.80 Å². The first-order chi connectivity index (χ1) is 19.2. The monoisotopic (exact) mass is 540 g/mol. The van der Waals surface area contributed by atoms with Crippen molar-refractivity contribution in [2.24, 2.45) is 10.9 Å². The van der Waals surface area contributed by atoms with Crippen LogP contribution in [0.4, 0.5) is 0 Å². The van der Waals surface area contributed by atoms with Gasteiger partial charge in [-0.15, -0.1) is 0 Å². The van der Waals surface area contributed by atoms with Crippen molar-refractivity contribution in [3.8, 4) is 11.3 Å². The Bertz CT molecular complexity index is 1550. The molecule has 0 N–H and O–H groups in total. The number of carbonyl (C=O) groups excluding carboxylic acids is 3. The first kappa shape index (κ1) is 27.2. The maximum absolute atomic E-state index is 13.6. The van der Waals surface area contributed by atoms with Crippen LogP contribution in [0.2, 0.25) is 0 Å². The molecule has 3 aromatic heterocycles. The summed E-state index contributed by atoms with van der Waals surface area (Å²) in [6, 6.07) is 1.23. The van der Waals surface area contributed by atoms with E-state index < -0.39 is 6.04 Å². The lowest BCUT2D eigenvalue weighted by Crippen LogP contribution is -2.46. The average molecular weight is 541 g/mol. The lowest BCUT2D eigenvalue weighted by atomic mass is 10.0. The van der Waals surface area contributed by atoms with E-state index in [1.165, 1.54) is 17.8 Å². The average Bonchev–Trinajstić information content (AvgIpc) is 3.43. The van der Waals surface area contributed by atoms with E-state index in [0.29, 0.717) is 46.9 Å². The van der Waals surface area contributed by atoms with Gasteiger partial charge in [-0.2, -0.15) is 5.10 Å². The summed E-state index contributed by atoms with van der Waals surface area (Å²) in [7, 11) is 3.89. The number of hydrogen-bond donors (Lipinski definition) is 0. The largest absolute Gasteiger partial charge is 0.327 e. The fraction of sp³-hybridized carbons (Fsp3) is 0.379. The molecule has 1 saturated carbocycles. The van der Waals surface area contributed by atoms with Gasteiger partial charge in [0.2, 0.25) is 11.7 Å². The molecule has 0 bridgehead atoms. The van der Waals surface area contributed by atoms with E-state index in [0.717, 1.165) is 6.42 Å². The highest BCUT2D eigenvalue weighted by Crippen LogP contribution is 2.48. The van der Waals surface area contributed by atoms with Gasteiger partial charge in [0.05, 0.1) is 30.0 Å². The van der Waals surface area contributed by atoms with Crippen molar-refractivity contribution in [3.63, 3.8) is 0 Å². The second-order valence-electron chi connectivity index (χ2n) is 10.5. The molecule has 3 atom stereocenters. The molecule has 0 unspecified atom stereocenters. The third kappa shape index (κ3) is 5.24. The Kier molecular flexibility index (Phi) is 7.49.